The van der Waals surface area contributed by atoms with Gasteiger partial charge in [-0.2, -0.15) is 0 Å². The number of hydrogen-bond acceptors (Lipinski definition) is 3. The number of aliphatic hydroxyl groups is 1. The van der Waals surface area contributed by atoms with Crippen molar-refractivity contribution in [1.29, 1.82) is 0 Å². The maximum Gasteiger partial charge on any atom is 0.125 e. The Hall–Kier alpha value is -1.22. The van der Waals surface area contributed by atoms with Gasteiger partial charge in [0.1, 0.15) is 5.75 Å². The van der Waals surface area contributed by atoms with Crippen LogP contribution in [-0.4, -0.2) is 26.3 Å². The first-order valence-electron chi connectivity index (χ1n) is 5.15. The summed E-state index contributed by atoms with van der Waals surface area (Å²) < 4.78 is 5.27. The summed E-state index contributed by atoms with van der Waals surface area (Å²) in [5.41, 5.74) is 1.36. The van der Waals surface area contributed by atoms with Gasteiger partial charge in [-0.1, -0.05) is 0 Å². The van der Waals surface area contributed by atoms with Crippen LogP contribution < -0.4 is 9.64 Å². The lowest BCUT2D eigenvalue weighted by atomic mass is 10.1. The lowest BCUT2D eigenvalue weighted by molar-refractivity contribution is 0.147. The molecule has 1 aliphatic carbocycles. The molecule has 0 spiro atoms. The largest absolute Gasteiger partial charge is 0.496 e. The van der Waals surface area contributed by atoms with Crippen molar-refractivity contribution in [2.24, 2.45) is 0 Å². The van der Waals surface area contributed by atoms with Gasteiger partial charge in [0.2, 0.25) is 0 Å². The topological polar surface area (TPSA) is 32.7 Å². The van der Waals surface area contributed by atoms with Gasteiger partial charge in [0.15, 0.2) is 0 Å². The van der Waals surface area contributed by atoms with Crippen LogP contribution >= 0.6 is 0 Å². The van der Waals surface area contributed by atoms with Crippen molar-refractivity contribution in [2.45, 2.75) is 18.4 Å². The zero-order valence-corrected chi connectivity index (χ0v) is 9.45. The normalized spacial score (nSPS) is 17.3. The van der Waals surface area contributed by atoms with Crippen LogP contribution in [0.2, 0.25) is 0 Å². The molecule has 3 heteroatoms. The summed E-state index contributed by atoms with van der Waals surface area (Å²) in [6, 6.07) is 5.92. The average Bonchev–Trinajstić information content (AvgIpc) is 2.96. The van der Waals surface area contributed by atoms with Crippen molar-refractivity contribution >= 4 is 5.69 Å². The average molecular weight is 207 g/mol. The highest BCUT2D eigenvalue weighted by Crippen LogP contribution is 2.49. The van der Waals surface area contributed by atoms with E-state index in [4.69, 9.17) is 4.74 Å². The maximum absolute atomic E-state index is 10.1. The molecule has 0 radical (unpaired) electrons. The summed E-state index contributed by atoms with van der Waals surface area (Å²) in [6.07, 6.45) is 1.67. The Bertz CT molecular complexity index is 370. The quantitative estimate of drug-likeness (QED) is 0.819. The fourth-order valence-electron chi connectivity index (χ4n) is 1.73. The molecule has 1 aromatic rings. The Morgan fingerprint density at radius 1 is 1.33 bits per heavy atom. The monoisotopic (exact) mass is 207 g/mol. The van der Waals surface area contributed by atoms with Gasteiger partial charge in [0, 0.05) is 25.3 Å². The van der Waals surface area contributed by atoms with E-state index < -0.39 is 5.60 Å². The van der Waals surface area contributed by atoms with E-state index in [1.54, 1.807) is 7.11 Å². The molecule has 0 unspecified atom stereocenters. The van der Waals surface area contributed by atoms with E-state index in [0.717, 1.165) is 29.8 Å². The van der Waals surface area contributed by atoms with E-state index in [1.165, 1.54) is 0 Å². The van der Waals surface area contributed by atoms with E-state index in [0.29, 0.717) is 0 Å². The molecule has 0 heterocycles. The molecule has 0 saturated heterocycles. The first-order chi connectivity index (χ1) is 7.07. The van der Waals surface area contributed by atoms with Gasteiger partial charge in [0.05, 0.1) is 12.7 Å². The summed E-state index contributed by atoms with van der Waals surface area (Å²) in [7, 11) is 5.62. The van der Waals surface area contributed by atoms with Crippen molar-refractivity contribution in [3.63, 3.8) is 0 Å². The molecule has 1 fully saturated rings. The number of benzene rings is 1. The first-order valence-corrected chi connectivity index (χ1v) is 5.15. The zero-order valence-electron chi connectivity index (χ0n) is 9.45. The van der Waals surface area contributed by atoms with E-state index in [-0.39, 0.29) is 0 Å². The SMILES string of the molecule is COc1ccc(N(C)C)cc1C1(O)CC1. The lowest BCUT2D eigenvalue weighted by Gasteiger charge is -2.18. The molecule has 15 heavy (non-hydrogen) atoms. The van der Waals surface area contributed by atoms with Crippen molar-refractivity contribution in [2.75, 3.05) is 26.1 Å². The minimum atomic E-state index is -0.642. The van der Waals surface area contributed by atoms with Crippen molar-refractivity contribution < 1.29 is 9.84 Å². The highest BCUT2D eigenvalue weighted by Gasteiger charge is 2.44. The number of rotatable bonds is 3. The Morgan fingerprint density at radius 2 is 2.00 bits per heavy atom. The van der Waals surface area contributed by atoms with Crippen LogP contribution in [0.25, 0.3) is 0 Å². The van der Waals surface area contributed by atoms with Gasteiger partial charge in [-0.25, -0.2) is 0 Å². The highest BCUT2D eigenvalue weighted by atomic mass is 16.5. The van der Waals surface area contributed by atoms with Crippen LogP contribution in [0.1, 0.15) is 18.4 Å². The van der Waals surface area contributed by atoms with Crippen LogP contribution in [0.4, 0.5) is 5.69 Å². The Balaban J connectivity index is 2.44. The molecule has 1 aliphatic rings. The summed E-state index contributed by atoms with van der Waals surface area (Å²) in [5.74, 6) is 0.778. The molecular weight excluding hydrogens is 190 g/mol. The van der Waals surface area contributed by atoms with E-state index in [9.17, 15) is 5.11 Å². The summed E-state index contributed by atoms with van der Waals surface area (Å²) >= 11 is 0. The van der Waals surface area contributed by atoms with Crippen molar-refractivity contribution in [3.05, 3.63) is 23.8 Å². The summed E-state index contributed by atoms with van der Waals surface area (Å²) in [6.45, 7) is 0. The Kier molecular flexibility index (Phi) is 2.35. The molecule has 82 valence electrons. The van der Waals surface area contributed by atoms with Gasteiger partial charge in [0.25, 0.3) is 0 Å². The number of nitrogens with zero attached hydrogens (tertiary/aromatic N) is 1. The van der Waals surface area contributed by atoms with Crippen LogP contribution in [0.3, 0.4) is 0 Å². The predicted octanol–water partition coefficient (Wildman–Crippen LogP) is 1.74. The predicted molar refractivity (Wildman–Crippen MR) is 60.5 cm³/mol. The minimum Gasteiger partial charge on any atom is -0.496 e. The molecule has 0 bridgehead atoms. The fourth-order valence-corrected chi connectivity index (χ4v) is 1.73. The molecular formula is C12H17NO2. The van der Waals surface area contributed by atoms with Gasteiger partial charge in [-0.05, 0) is 31.0 Å². The third-order valence-electron chi connectivity index (χ3n) is 2.92. The Labute approximate surface area is 90.3 Å². The minimum absolute atomic E-state index is 0.642. The lowest BCUT2D eigenvalue weighted by Crippen LogP contribution is -2.12. The van der Waals surface area contributed by atoms with Gasteiger partial charge in [-0.15, -0.1) is 0 Å². The van der Waals surface area contributed by atoms with Gasteiger partial charge in [-0.3, -0.25) is 0 Å². The van der Waals surface area contributed by atoms with Crippen molar-refractivity contribution in [3.8, 4) is 5.75 Å². The third-order valence-corrected chi connectivity index (χ3v) is 2.92. The Morgan fingerprint density at radius 3 is 2.47 bits per heavy atom. The molecule has 2 rings (SSSR count). The van der Waals surface area contributed by atoms with E-state index >= 15 is 0 Å². The molecule has 0 aliphatic heterocycles. The maximum atomic E-state index is 10.1. The van der Waals surface area contributed by atoms with Crippen LogP contribution in [-0.2, 0) is 5.60 Å². The molecule has 0 amide bonds. The van der Waals surface area contributed by atoms with Crippen molar-refractivity contribution in [1.82, 2.24) is 0 Å². The second-order valence-corrected chi connectivity index (χ2v) is 4.31. The number of ether oxygens (including phenoxy) is 1. The summed E-state index contributed by atoms with van der Waals surface area (Å²) in [4.78, 5) is 2.02. The number of anilines is 1. The highest BCUT2D eigenvalue weighted by molar-refractivity contribution is 5.55. The molecule has 1 N–H and O–H groups in total. The first kappa shape index (κ1) is 10.3. The van der Waals surface area contributed by atoms with Gasteiger partial charge < -0.3 is 14.7 Å². The number of methoxy groups -OCH3 is 1. The molecule has 0 atom stereocenters. The fraction of sp³-hybridized carbons (Fsp3) is 0.500. The van der Waals surface area contributed by atoms with Crippen LogP contribution in [0.5, 0.6) is 5.75 Å². The van der Waals surface area contributed by atoms with E-state index in [2.05, 4.69) is 0 Å². The standard InChI is InChI=1S/C12H17NO2/c1-13(2)9-4-5-11(15-3)10(8-9)12(14)6-7-12/h4-5,8,14H,6-7H2,1-3H3. The molecule has 3 nitrogen and oxygen atoms in total. The zero-order chi connectivity index (χ0) is 11.1. The van der Waals surface area contributed by atoms with Crippen LogP contribution in [0.15, 0.2) is 18.2 Å². The molecule has 1 saturated carbocycles. The molecule has 1 aromatic carbocycles. The second kappa shape index (κ2) is 3.42. The summed E-state index contributed by atoms with van der Waals surface area (Å²) in [5, 5.41) is 10.1. The van der Waals surface area contributed by atoms with Crippen LogP contribution in [0, 0.1) is 0 Å². The third kappa shape index (κ3) is 1.79. The van der Waals surface area contributed by atoms with E-state index in [1.807, 2.05) is 37.2 Å². The van der Waals surface area contributed by atoms with Gasteiger partial charge >= 0.3 is 0 Å². The molecule has 0 aromatic heterocycles. The second-order valence-electron chi connectivity index (χ2n) is 4.31. The smallest absolute Gasteiger partial charge is 0.125 e. The number of hydrogen-bond donors (Lipinski definition) is 1.